The monoisotopic (exact) mass is 125 g/mol. The van der Waals surface area contributed by atoms with Crippen LogP contribution in [-0.4, -0.2) is 23.9 Å². The smallest absolute Gasteiger partial charge is 0.269 e. The van der Waals surface area contributed by atoms with Gasteiger partial charge in [0.2, 0.25) is 0 Å². The van der Waals surface area contributed by atoms with E-state index in [-0.39, 0.29) is 5.91 Å². The molecule has 4 heteroatoms. The summed E-state index contributed by atoms with van der Waals surface area (Å²) in [5.41, 5.74) is 0. The average molecular weight is 125 g/mol. The van der Waals surface area contributed by atoms with Gasteiger partial charge >= 0.3 is 6.03 Å². The molecule has 0 aromatic heterocycles. The Balaban J connectivity index is 2.81. The van der Waals surface area contributed by atoms with Gasteiger partial charge in [0.05, 0.1) is 0 Å². The standard InChI is InChI=1S/C5H5N2O2/c1-7-4(8)2-3-6-5(7)9/h2-3H,1H3. The molecule has 4 nitrogen and oxygen atoms in total. The highest BCUT2D eigenvalue weighted by atomic mass is 16.2. The summed E-state index contributed by atoms with van der Waals surface area (Å²) in [6.45, 7) is 0. The fourth-order valence-electron chi connectivity index (χ4n) is 0.457. The molecule has 0 aromatic carbocycles. The fourth-order valence-corrected chi connectivity index (χ4v) is 0.457. The molecule has 1 radical (unpaired) electrons. The zero-order chi connectivity index (χ0) is 6.85. The van der Waals surface area contributed by atoms with Gasteiger partial charge in [-0.3, -0.25) is 9.69 Å². The summed E-state index contributed by atoms with van der Waals surface area (Å²) in [7, 11) is 1.39. The second-order valence-electron chi connectivity index (χ2n) is 1.62. The molecule has 0 aromatic rings. The van der Waals surface area contributed by atoms with Crippen LogP contribution in [0.25, 0.3) is 0 Å². The lowest BCUT2D eigenvalue weighted by atomic mass is 10.4. The maximum atomic E-state index is 10.6. The van der Waals surface area contributed by atoms with E-state index in [4.69, 9.17) is 0 Å². The first-order valence-corrected chi connectivity index (χ1v) is 2.41. The van der Waals surface area contributed by atoms with Crippen LogP contribution in [0.15, 0.2) is 12.3 Å². The summed E-state index contributed by atoms with van der Waals surface area (Å²) in [5.74, 6) is -0.324. The van der Waals surface area contributed by atoms with E-state index in [1.54, 1.807) is 0 Å². The molecule has 0 spiro atoms. The minimum absolute atomic E-state index is 0.324. The fraction of sp³-hybridized carbons (Fsp3) is 0.200. The largest absolute Gasteiger partial charge is 0.350 e. The molecular weight excluding hydrogens is 120 g/mol. The van der Waals surface area contributed by atoms with Crippen LogP contribution < -0.4 is 5.32 Å². The molecular formula is C5H5N2O2. The van der Waals surface area contributed by atoms with Crippen molar-refractivity contribution < 1.29 is 9.59 Å². The van der Waals surface area contributed by atoms with E-state index in [1.807, 2.05) is 0 Å². The Labute approximate surface area is 52.1 Å². The van der Waals surface area contributed by atoms with Gasteiger partial charge in [-0.1, -0.05) is 0 Å². The average Bonchev–Trinajstić information content (AvgIpc) is 1.83. The Morgan fingerprint density at radius 2 is 2.22 bits per heavy atom. The Bertz CT molecular complexity index is 185. The highest BCUT2D eigenvalue weighted by Crippen LogP contribution is 1.94. The van der Waals surface area contributed by atoms with Gasteiger partial charge in [0.25, 0.3) is 5.91 Å². The lowest BCUT2D eigenvalue weighted by Crippen LogP contribution is -2.38. The van der Waals surface area contributed by atoms with Crippen molar-refractivity contribution in [2.45, 2.75) is 0 Å². The molecule has 0 aliphatic carbocycles. The van der Waals surface area contributed by atoms with E-state index < -0.39 is 6.03 Å². The summed E-state index contributed by atoms with van der Waals surface area (Å²) in [6.07, 6.45) is 2.44. The second kappa shape index (κ2) is 1.89. The third-order valence-corrected chi connectivity index (χ3v) is 1.02. The zero-order valence-corrected chi connectivity index (χ0v) is 4.87. The molecule has 0 unspecified atom stereocenters. The van der Waals surface area contributed by atoms with E-state index in [1.165, 1.54) is 19.3 Å². The minimum Gasteiger partial charge on any atom is -0.269 e. The lowest BCUT2D eigenvalue weighted by molar-refractivity contribution is -0.122. The van der Waals surface area contributed by atoms with Crippen LogP contribution in [0.4, 0.5) is 4.79 Å². The van der Waals surface area contributed by atoms with Crippen molar-refractivity contribution in [2.75, 3.05) is 7.05 Å². The van der Waals surface area contributed by atoms with Gasteiger partial charge in [-0.25, -0.2) is 10.1 Å². The summed E-state index contributed by atoms with van der Waals surface area (Å²) in [5, 5.41) is 3.35. The molecule has 1 heterocycles. The van der Waals surface area contributed by atoms with E-state index in [0.29, 0.717) is 0 Å². The molecule has 0 N–H and O–H groups in total. The van der Waals surface area contributed by atoms with Crippen LogP contribution in [-0.2, 0) is 4.79 Å². The molecule has 1 aliphatic heterocycles. The van der Waals surface area contributed by atoms with Crippen LogP contribution in [0.2, 0.25) is 0 Å². The van der Waals surface area contributed by atoms with Gasteiger partial charge in [-0.05, 0) is 0 Å². The lowest BCUT2D eigenvalue weighted by Gasteiger charge is -2.13. The number of likely N-dealkylation sites (N-methyl/N-ethyl adjacent to an activating group) is 1. The van der Waals surface area contributed by atoms with E-state index >= 15 is 0 Å². The van der Waals surface area contributed by atoms with Crippen LogP contribution >= 0.6 is 0 Å². The maximum absolute atomic E-state index is 10.6. The SMILES string of the molecule is CN1C(=O)C=C[N]C1=O. The number of hydrogen-bond acceptors (Lipinski definition) is 2. The number of nitrogens with zero attached hydrogens (tertiary/aromatic N) is 2. The van der Waals surface area contributed by atoms with Gasteiger partial charge in [0, 0.05) is 19.3 Å². The van der Waals surface area contributed by atoms with Crippen molar-refractivity contribution in [1.29, 1.82) is 0 Å². The first kappa shape index (κ1) is 5.81. The quantitative estimate of drug-likeness (QED) is 0.446. The predicted octanol–water partition coefficient (Wildman–Crippen LogP) is -0.303. The van der Waals surface area contributed by atoms with Gasteiger partial charge in [-0.15, -0.1) is 0 Å². The van der Waals surface area contributed by atoms with Crippen LogP contribution in [0.3, 0.4) is 0 Å². The molecule has 3 amide bonds. The zero-order valence-electron chi connectivity index (χ0n) is 4.87. The van der Waals surface area contributed by atoms with Gasteiger partial charge in [0.1, 0.15) is 0 Å². The van der Waals surface area contributed by atoms with Crippen molar-refractivity contribution in [3.05, 3.63) is 12.3 Å². The molecule has 1 aliphatic rings. The van der Waals surface area contributed by atoms with Crippen LogP contribution in [0.5, 0.6) is 0 Å². The van der Waals surface area contributed by atoms with Crippen molar-refractivity contribution in [2.24, 2.45) is 0 Å². The number of carbonyl (C=O) groups is 2. The normalized spacial score (nSPS) is 18.1. The number of urea groups is 1. The highest BCUT2D eigenvalue weighted by Gasteiger charge is 2.17. The van der Waals surface area contributed by atoms with E-state index in [0.717, 1.165) is 4.90 Å². The Kier molecular flexibility index (Phi) is 1.22. The minimum atomic E-state index is -0.512. The molecule has 47 valence electrons. The Morgan fingerprint density at radius 3 is 2.67 bits per heavy atom. The molecule has 0 bridgehead atoms. The summed E-state index contributed by atoms with van der Waals surface area (Å²) >= 11 is 0. The topological polar surface area (TPSA) is 51.5 Å². The first-order chi connectivity index (χ1) is 4.22. The number of rotatable bonds is 0. The second-order valence-corrected chi connectivity index (χ2v) is 1.62. The van der Waals surface area contributed by atoms with Crippen molar-refractivity contribution in [3.63, 3.8) is 0 Å². The summed E-state index contributed by atoms with van der Waals surface area (Å²) in [4.78, 5) is 22.0. The number of imide groups is 1. The van der Waals surface area contributed by atoms with Crippen molar-refractivity contribution >= 4 is 11.9 Å². The number of amides is 3. The Morgan fingerprint density at radius 1 is 1.56 bits per heavy atom. The molecule has 0 saturated heterocycles. The van der Waals surface area contributed by atoms with Gasteiger partial charge in [0.15, 0.2) is 0 Å². The molecule has 0 fully saturated rings. The summed E-state index contributed by atoms with van der Waals surface area (Å²) in [6, 6.07) is -0.512. The van der Waals surface area contributed by atoms with Crippen LogP contribution in [0, 0.1) is 0 Å². The van der Waals surface area contributed by atoms with Gasteiger partial charge in [-0.2, -0.15) is 0 Å². The van der Waals surface area contributed by atoms with Crippen molar-refractivity contribution in [1.82, 2.24) is 10.2 Å². The number of carbonyl (C=O) groups excluding carboxylic acids is 2. The molecule has 0 saturated carbocycles. The molecule has 9 heavy (non-hydrogen) atoms. The number of hydrogen-bond donors (Lipinski definition) is 0. The highest BCUT2D eigenvalue weighted by molar-refractivity contribution is 6.02. The molecule has 1 rings (SSSR count). The maximum Gasteiger partial charge on any atom is 0.350 e. The Hall–Kier alpha value is -1.32. The van der Waals surface area contributed by atoms with Gasteiger partial charge < -0.3 is 0 Å². The third-order valence-electron chi connectivity index (χ3n) is 1.02. The third kappa shape index (κ3) is 0.910. The molecule has 0 atom stereocenters. The van der Waals surface area contributed by atoms with E-state index in [9.17, 15) is 9.59 Å². The van der Waals surface area contributed by atoms with Crippen molar-refractivity contribution in [3.8, 4) is 0 Å². The van der Waals surface area contributed by atoms with Crippen LogP contribution in [0.1, 0.15) is 0 Å². The predicted molar refractivity (Wildman–Crippen MR) is 29.4 cm³/mol. The first-order valence-electron chi connectivity index (χ1n) is 2.41. The summed E-state index contributed by atoms with van der Waals surface area (Å²) < 4.78 is 0. The van der Waals surface area contributed by atoms with E-state index in [2.05, 4.69) is 5.32 Å².